The van der Waals surface area contributed by atoms with Gasteiger partial charge in [0.1, 0.15) is 11.5 Å². The van der Waals surface area contributed by atoms with Gasteiger partial charge in [0.2, 0.25) is 0 Å². The van der Waals surface area contributed by atoms with E-state index in [1.54, 1.807) is 32.4 Å². The molecule has 27 heavy (non-hydrogen) atoms. The molecular weight excluding hydrogens is 385 g/mol. The molecule has 0 unspecified atom stereocenters. The lowest BCUT2D eigenvalue weighted by molar-refractivity contribution is 0.354. The Kier molecular flexibility index (Phi) is 6.67. The van der Waals surface area contributed by atoms with Crippen molar-refractivity contribution in [3.05, 3.63) is 69.9 Å². The summed E-state index contributed by atoms with van der Waals surface area (Å²) >= 11 is 12.3. The summed E-state index contributed by atoms with van der Waals surface area (Å²) in [7, 11) is 3.27. The molecule has 0 radical (unpaired) electrons. The zero-order valence-corrected chi connectivity index (χ0v) is 16.7. The summed E-state index contributed by atoms with van der Waals surface area (Å²) in [5, 5.41) is 4.62. The average Bonchev–Trinajstić information content (AvgIpc) is 3.15. The van der Waals surface area contributed by atoms with E-state index in [1.165, 1.54) is 5.56 Å². The number of hydrogen-bond acceptors (Lipinski definition) is 4. The van der Waals surface area contributed by atoms with Crippen LogP contribution in [-0.4, -0.2) is 20.8 Å². The molecule has 0 aliphatic rings. The minimum Gasteiger partial charge on any atom is -0.493 e. The first kappa shape index (κ1) is 19.6. The second kappa shape index (κ2) is 9.18. The molecule has 0 amide bonds. The van der Waals surface area contributed by atoms with Crippen LogP contribution in [-0.2, 0) is 13.0 Å². The summed E-state index contributed by atoms with van der Waals surface area (Å²) in [6.07, 6.45) is 0.869. The molecule has 0 aliphatic heterocycles. The van der Waals surface area contributed by atoms with Crippen molar-refractivity contribution in [1.29, 1.82) is 0 Å². The van der Waals surface area contributed by atoms with E-state index in [9.17, 15) is 0 Å². The number of benzene rings is 2. The lowest BCUT2D eigenvalue weighted by Gasteiger charge is -2.09. The third kappa shape index (κ3) is 4.98. The summed E-state index contributed by atoms with van der Waals surface area (Å²) < 4.78 is 16.5. The van der Waals surface area contributed by atoms with Crippen molar-refractivity contribution in [2.75, 3.05) is 20.8 Å². The van der Waals surface area contributed by atoms with E-state index in [-0.39, 0.29) is 0 Å². The molecule has 142 valence electrons. The molecule has 2 aromatic carbocycles. The Morgan fingerprint density at radius 3 is 2.52 bits per heavy atom. The van der Waals surface area contributed by atoms with Crippen LogP contribution >= 0.6 is 23.2 Å². The molecule has 3 aromatic rings. The smallest absolute Gasteiger partial charge is 0.160 e. The van der Waals surface area contributed by atoms with Gasteiger partial charge in [-0.2, -0.15) is 0 Å². The van der Waals surface area contributed by atoms with Crippen molar-refractivity contribution in [2.45, 2.75) is 13.0 Å². The highest BCUT2D eigenvalue weighted by Crippen LogP contribution is 2.32. The lowest BCUT2D eigenvalue weighted by Crippen LogP contribution is -2.16. The van der Waals surface area contributed by atoms with Crippen molar-refractivity contribution < 1.29 is 13.9 Å². The number of nitrogens with one attached hydrogen (secondary N) is 1. The summed E-state index contributed by atoms with van der Waals surface area (Å²) in [6.45, 7) is 1.44. The quantitative estimate of drug-likeness (QED) is 0.495. The van der Waals surface area contributed by atoms with Crippen LogP contribution in [0.15, 0.2) is 52.9 Å². The summed E-state index contributed by atoms with van der Waals surface area (Å²) in [5.41, 5.74) is 1.96. The van der Waals surface area contributed by atoms with Crippen LogP contribution in [0.1, 0.15) is 11.3 Å². The molecule has 1 aromatic heterocycles. The van der Waals surface area contributed by atoms with Gasteiger partial charge in [-0.05, 0) is 61.0 Å². The monoisotopic (exact) mass is 405 g/mol. The van der Waals surface area contributed by atoms with Crippen molar-refractivity contribution in [3.63, 3.8) is 0 Å². The van der Waals surface area contributed by atoms with Crippen molar-refractivity contribution in [3.8, 4) is 22.8 Å². The summed E-state index contributed by atoms with van der Waals surface area (Å²) in [5.74, 6) is 3.02. The van der Waals surface area contributed by atoms with Gasteiger partial charge in [-0.25, -0.2) is 0 Å². The average molecular weight is 406 g/mol. The lowest BCUT2D eigenvalue weighted by atomic mass is 10.1. The molecule has 0 fully saturated rings. The minimum absolute atomic E-state index is 0.613. The second-order valence-electron chi connectivity index (χ2n) is 6.01. The van der Waals surface area contributed by atoms with Crippen LogP contribution in [0.5, 0.6) is 11.5 Å². The van der Waals surface area contributed by atoms with E-state index < -0.39 is 0 Å². The highest BCUT2D eigenvalue weighted by atomic mass is 35.5. The first-order chi connectivity index (χ1) is 13.1. The summed E-state index contributed by atoms with van der Waals surface area (Å²) in [4.78, 5) is 0. The third-order valence-electron chi connectivity index (χ3n) is 4.19. The van der Waals surface area contributed by atoms with E-state index in [4.69, 9.17) is 37.1 Å². The highest BCUT2D eigenvalue weighted by Gasteiger charge is 2.10. The third-order valence-corrected chi connectivity index (χ3v) is 4.76. The topological polar surface area (TPSA) is 43.6 Å². The van der Waals surface area contributed by atoms with Crippen LogP contribution in [0.25, 0.3) is 11.3 Å². The van der Waals surface area contributed by atoms with E-state index in [2.05, 4.69) is 5.32 Å². The van der Waals surface area contributed by atoms with Gasteiger partial charge in [0.05, 0.1) is 25.8 Å². The Balaban J connectivity index is 1.54. The molecule has 0 saturated heterocycles. The number of rotatable bonds is 8. The second-order valence-corrected chi connectivity index (χ2v) is 6.85. The molecule has 0 aliphatic carbocycles. The van der Waals surface area contributed by atoms with E-state index in [0.717, 1.165) is 35.8 Å². The predicted octanol–water partition coefficient (Wildman–Crippen LogP) is 5.60. The maximum absolute atomic E-state index is 6.23. The summed E-state index contributed by atoms with van der Waals surface area (Å²) in [6, 6.07) is 15.1. The Bertz CT molecular complexity index is 908. The van der Waals surface area contributed by atoms with Crippen LogP contribution in [0.2, 0.25) is 10.0 Å². The van der Waals surface area contributed by atoms with Crippen molar-refractivity contribution in [2.24, 2.45) is 0 Å². The highest BCUT2D eigenvalue weighted by molar-refractivity contribution is 6.35. The zero-order valence-electron chi connectivity index (χ0n) is 15.2. The predicted molar refractivity (Wildman–Crippen MR) is 109 cm³/mol. The fourth-order valence-corrected chi connectivity index (χ4v) is 3.17. The van der Waals surface area contributed by atoms with Crippen LogP contribution < -0.4 is 14.8 Å². The molecule has 0 saturated carbocycles. The van der Waals surface area contributed by atoms with Gasteiger partial charge in [-0.1, -0.05) is 29.3 Å². The Morgan fingerprint density at radius 1 is 0.926 bits per heavy atom. The van der Waals surface area contributed by atoms with Crippen molar-refractivity contribution in [1.82, 2.24) is 5.32 Å². The van der Waals surface area contributed by atoms with E-state index in [0.29, 0.717) is 22.4 Å². The standard InChI is InChI=1S/C21H21Cl2NO3/c1-25-20-7-3-14(11-21(20)26-2)9-10-24-13-16-5-8-19(27-16)17-12-15(22)4-6-18(17)23/h3-8,11-12,24H,9-10,13H2,1-2H3. The zero-order chi connectivity index (χ0) is 19.2. The molecule has 3 rings (SSSR count). The fourth-order valence-electron chi connectivity index (χ4n) is 2.78. The molecule has 1 N–H and O–H groups in total. The first-order valence-corrected chi connectivity index (χ1v) is 9.32. The first-order valence-electron chi connectivity index (χ1n) is 8.56. The van der Waals surface area contributed by atoms with Crippen LogP contribution in [0.4, 0.5) is 0 Å². The normalized spacial score (nSPS) is 10.8. The van der Waals surface area contributed by atoms with Gasteiger partial charge in [-0.15, -0.1) is 0 Å². The number of halogens is 2. The van der Waals surface area contributed by atoms with Crippen molar-refractivity contribution >= 4 is 23.2 Å². The largest absolute Gasteiger partial charge is 0.493 e. The van der Waals surface area contributed by atoms with E-state index in [1.807, 2.05) is 30.3 Å². The Labute approximate surface area is 169 Å². The van der Waals surface area contributed by atoms with Gasteiger partial charge in [0.25, 0.3) is 0 Å². The number of methoxy groups -OCH3 is 2. The molecule has 6 heteroatoms. The molecule has 0 atom stereocenters. The van der Waals surface area contributed by atoms with E-state index >= 15 is 0 Å². The van der Waals surface area contributed by atoms with Gasteiger partial charge in [-0.3, -0.25) is 0 Å². The van der Waals surface area contributed by atoms with Crippen LogP contribution in [0.3, 0.4) is 0 Å². The van der Waals surface area contributed by atoms with Gasteiger partial charge in [0, 0.05) is 10.6 Å². The number of furan rings is 1. The minimum atomic E-state index is 0.613. The molecule has 0 bridgehead atoms. The SMILES string of the molecule is COc1ccc(CCNCc2ccc(-c3cc(Cl)ccc3Cl)o2)cc1OC. The molecule has 0 spiro atoms. The Hall–Kier alpha value is -2.14. The fraction of sp³-hybridized carbons (Fsp3) is 0.238. The molecule has 1 heterocycles. The van der Waals surface area contributed by atoms with Crippen LogP contribution in [0, 0.1) is 0 Å². The Morgan fingerprint density at radius 2 is 1.74 bits per heavy atom. The number of ether oxygens (including phenoxy) is 2. The van der Waals surface area contributed by atoms with Gasteiger partial charge in [0.15, 0.2) is 11.5 Å². The molecule has 4 nitrogen and oxygen atoms in total. The maximum atomic E-state index is 6.23. The molecular formula is C21H21Cl2NO3. The van der Waals surface area contributed by atoms with Gasteiger partial charge >= 0.3 is 0 Å². The van der Waals surface area contributed by atoms with Gasteiger partial charge < -0.3 is 19.2 Å². The maximum Gasteiger partial charge on any atom is 0.160 e. The number of hydrogen-bond donors (Lipinski definition) is 1.